The van der Waals surface area contributed by atoms with Crippen LogP contribution < -0.4 is 0 Å². The van der Waals surface area contributed by atoms with Crippen LogP contribution in [0.3, 0.4) is 0 Å². The minimum atomic E-state index is -0.0330. The maximum absolute atomic E-state index is 11.8. The highest BCUT2D eigenvalue weighted by atomic mass is 16.1. The Morgan fingerprint density at radius 3 is 1.69 bits per heavy atom. The largest absolute Gasteiger partial charge is 0.295 e. The summed E-state index contributed by atoms with van der Waals surface area (Å²) in [4.78, 5) is 23.6. The minimum Gasteiger partial charge on any atom is -0.295 e. The highest BCUT2D eigenvalue weighted by Crippen LogP contribution is 2.43. The van der Waals surface area contributed by atoms with Crippen molar-refractivity contribution in [3.63, 3.8) is 0 Å². The molecule has 2 atom stereocenters. The first-order valence-electron chi connectivity index (χ1n) is 6.21. The first kappa shape index (κ1) is 10.0. The van der Waals surface area contributed by atoms with Crippen LogP contribution in [-0.2, 0) is 9.59 Å². The smallest absolute Gasteiger partial charge is 0.159 e. The van der Waals surface area contributed by atoms with E-state index in [0.717, 1.165) is 25.7 Å². The standard InChI is InChI=1S/C14H16O2/c15-13-5-6-14(16)12-8-10-4-2-1-3-9(10)7-11(12)13/h5-6,11-12H,1-4,7-8H2/t11-,12+. The van der Waals surface area contributed by atoms with Crippen molar-refractivity contribution in [1.82, 2.24) is 0 Å². The van der Waals surface area contributed by atoms with Crippen LogP contribution >= 0.6 is 0 Å². The normalized spacial score (nSPS) is 33.8. The minimum absolute atomic E-state index is 0.0330. The molecule has 0 aliphatic heterocycles. The third kappa shape index (κ3) is 1.48. The van der Waals surface area contributed by atoms with Crippen LogP contribution in [-0.4, -0.2) is 11.6 Å². The summed E-state index contributed by atoms with van der Waals surface area (Å²) in [6.07, 6.45) is 9.51. The van der Waals surface area contributed by atoms with Gasteiger partial charge in [-0.1, -0.05) is 11.1 Å². The molecule has 0 radical (unpaired) electrons. The van der Waals surface area contributed by atoms with Gasteiger partial charge >= 0.3 is 0 Å². The SMILES string of the molecule is O=C1C=CC(=O)[C@@H]2CC3=C(CCCC3)C[C@H]12. The molecule has 0 saturated carbocycles. The molecule has 0 aromatic rings. The number of hydrogen-bond donors (Lipinski definition) is 0. The maximum atomic E-state index is 11.8. The van der Waals surface area contributed by atoms with Gasteiger partial charge in [0.1, 0.15) is 0 Å². The second-order valence-corrected chi connectivity index (χ2v) is 5.17. The fourth-order valence-electron chi connectivity index (χ4n) is 3.35. The summed E-state index contributed by atoms with van der Waals surface area (Å²) < 4.78 is 0. The van der Waals surface area contributed by atoms with Crippen molar-refractivity contribution < 1.29 is 9.59 Å². The summed E-state index contributed by atoms with van der Waals surface area (Å²) in [5, 5.41) is 0. The van der Waals surface area contributed by atoms with Gasteiger partial charge in [0.15, 0.2) is 11.6 Å². The van der Waals surface area contributed by atoms with Gasteiger partial charge in [-0.05, 0) is 50.7 Å². The summed E-state index contributed by atoms with van der Waals surface area (Å²) in [7, 11) is 0. The van der Waals surface area contributed by atoms with Gasteiger partial charge in [0.2, 0.25) is 0 Å². The average Bonchev–Trinajstić information content (AvgIpc) is 2.32. The summed E-state index contributed by atoms with van der Waals surface area (Å²) in [5.41, 5.74) is 2.98. The van der Waals surface area contributed by atoms with Crippen LogP contribution in [0, 0.1) is 11.8 Å². The molecule has 0 unspecified atom stereocenters. The Morgan fingerprint density at radius 1 is 0.812 bits per heavy atom. The van der Waals surface area contributed by atoms with Crippen LogP contribution in [0.1, 0.15) is 38.5 Å². The number of carbonyl (C=O) groups is 2. The van der Waals surface area contributed by atoms with E-state index in [1.165, 1.54) is 36.1 Å². The summed E-state index contributed by atoms with van der Waals surface area (Å²) in [6, 6.07) is 0. The molecule has 0 fully saturated rings. The Kier molecular flexibility index (Phi) is 2.31. The average molecular weight is 216 g/mol. The van der Waals surface area contributed by atoms with Gasteiger partial charge in [0.05, 0.1) is 0 Å². The Balaban J connectivity index is 1.93. The van der Waals surface area contributed by atoms with E-state index in [0.29, 0.717) is 0 Å². The summed E-state index contributed by atoms with van der Waals surface area (Å²) >= 11 is 0. The van der Waals surface area contributed by atoms with Crippen molar-refractivity contribution in [2.45, 2.75) is 38.5 Å². The van der Waals surface area contributed by atoms with E-state index in [1.54, 1.807) is 0 Å². The predicted molar refractivity (Wildman–Crippen MR) is 60.9 cm³/mol. The van der Waals surface area contributed by atoms with Gasteiger partial charge in [-0.25, -0.2) is 0 Å². The van der Waals surface area contributed by atoms with Crippen molar-refractivity contribution >= 4 is 11.6 Å². The maximum Gasteiger partial charge on any atom is 0.159 e. The Bertz CT molecular complexity index is 376. The Morgan fingerprint density at radius 2 is 1.25 bits per heavy atom. The van der Waals surface area contributed by atoms with Gasteiger partial charge in [-0.15, -0.1) is 0 Å². The highest BCUT2D eigenvalue weighted by molar-refractivity contribution is 6.07. The molecular weight excluding hydrogens is 200 g/mol. The molecule has 3 rings (SSSR count). The van der Waals surface area contributed by atoms with Crippen LogP contribution in [0.15, 0.2) is 23.3 Å². The van der Waals surface area contributed by atoms with E-state index in [2.05, 4.69) is 0 Å². The molecular formula is C14H16O2. The quantitative estimate of drug-likeness (QED) is 0.583. The second-order valence-electron chi connectivity index (χ2n) is 5.17. The molecule has 2 heteroatoms. The van der Waals surface area contributed by atoms with Crippen molar-refractivity contribution in [2.75, 3.05) is 0 Å². The molecule has 3 aliphatic rings. The third-order valence-electron chi connectivity index (χ3n) is 4.27. The number of hydrogen-bond acceptors (Lipinski definition) is 2. The summed E-state index contributed by atoms with van der Waals surface area (Å²) in [6.45, 7) is 0. The molecule has 84 valence electrons. The third-order valence-corrected chi connectivity index (χ3v) is 4.27. The van der Waals surface area contributed by atoms with E-state index >= 15 is 0 Å². The molecule has 0 saturated heterocycles. The number of rotatable bonds is 0. The van der Waals surface area contributed by atoms with Gasteiger partial charge < -0.3 is 0 Å². The zero-order valence-electron chi connectivity index (χ0n) is 9.37. The first-order chi connectivity index (χ1) is 7.75. The van der Waals surface area contributed by atoms with Gasteiger partial charge in [-0.3, -0.25) is 9.59 Å². The van der Waals surface area contributed by atoms with Crippen LogP contribution in [0.2, 0.25) is 0 Å². The van der Waals surface area contributed by atoms with Crippen molar-refractivity contribution in [1.29, 1.82) is 0 Å². The lowest BCUT2D eigenvalue weighted by molar-refractivity contribution is -0.129. The lowest BCUT2D eigenvalue weighted by atomic mass is 9.67. The molecule has 0 N–H and O–H groups in total. The lowest BCUT2D eigenvalue weighted by Gasteiger charge is -2.35. The van der Waals surface area contributed by atoms with E-state index in [-0.39, 0.29) is 23.4 Å². The van der Waals surface area contributed by atoms with Gasteiger partial charge in [0, 0.05) is 11.8 Å². The Hall–Kier alpha value is -1.18. The Labute approximate surface area is 95.4 Å². The van der Waals surface area contributed by atoms with E-state index in [4.69, 9.17) is 0 Å². The molecule has 0 aromatic carbocycles. The molecule has 0 spiro atoms. The summed E-state index contributed by atoms with van der Waals surface area (Å²) in [5.74, 6) is 0.271. The number of fused-ring (bicyclic) bond motifs is 1. The highest BCUT2D eigenvalue weighted by Gasteiger charge is 2.39. The molecule has 0 bridgehead atoms. The van der Waals surface area contributed by atoms with Gasteiger partial charge in [-0.2, -0.15) is 0 Å². The van der Waals surface area contributed by atoms with E-state index in [9.17, 15) is 9.59 Å². The van der Waals surface area contributed by atoms with Gasteiger partial charge in [0.25, 0.3) is 0 Å². The topological polar surface area (TPSA) is 34.1 Å². The molecule has 0 amide bonds. The second kappa shape index (κ2) is 3.69. The molecule has 3 aliphatic carbocycles. The molecule has 0 heterocycles. The van der Waals surface area contributed by atoms with Crippen molar-refractivity contribution in [3.05, 3.63) is 23.3 Å². The number of allylic oxidation sites excluding steroid dienone is 4. The fourth-order valence-corrected chi connectivity index (χ4v) is 3.35. The number of ketones is 2. The van der Waals surface area contributed by atoms with E-state index in [1.807, 2.05) is 0 Å². The monoisotopic (exact) mass is 216 g/mol. The molecule has 16 heavy (non-hydrogen) atoms. The van der Waals surface area contributed by atoms with Crippen LogP contribution in [0.5, 0.6) is 0 Å². The lowest BCUT2D eigenvalue weighted by Crippen LogP contribution is -2.36. The molecule has 0 aromatic heterocycles. The molecule has 2 nitrogen and oxygen atoms in total. The zero-order chi connectivity index (χ0) is 11.1. The fraction of sp³-hybridized carbons (Fsp3) is 0.571. The van der Waals surface area contributed by atoms with Crippen molar-refractivity contribution in [3.8, 4) is 0 Å². The number of carbonyl (C=O) groups excluding carboxylic acids is 2. The predicted octanol–water partition coefficient (Wildman–Crippen LogP) is 2.59. The van der Waals surface area contributed by atoms with Crippen LogP contribution in [0.4, 0.5) is 0 Å². The first-order valence-corrected chi connectivity index (χ1v) is 6.21. The van der Waals surface area contributed by atoms with Crippen molar-refractivity contribution in [2.24, 2.45) is 11.8 Å². The zero-order valence-corrected chi connectivity index (χ0v) is 9.37. The van der Waals surface area contributed by atoms with Crippen LogP contribution in [0.25, 0.3) is 0 Å². The van der Waals surface area contributed by atoms with E-state index < -0.39 is 0 Å².